The van der Waals surface area contributed by atoms with Crippen LogP contribution in [0.15, 0.2) is 22.0 Å². The van der Waals surface area contributed by atoms with Crippen molar-refractivity contribution in [3.8, 4) is 17.2 Å². The number of carbonyl (C=O) groups is 1. The lowest BCUT2D eigenvalue weighted by atomic mass is 10.1. The number of nitrogens with zero attached hydrogens (tertiary/aromatic N) is 2. The van der Waals surface area contributed by atoms with E-state index in [1.165, 1.54) is 24.6 Å². The minimum atomic E-state index is -0.192. The average Bonchev–Trinajstić information content (AvgIpc) is 2.87. The summed E-state index contributed by atoms with van der Waals surface area (Å²) < 4.78 is 16.1. The molecule has 1 aromatic carbocycles. The number of hydrogen-bond donors (Lipinski definition) is 0. The zero-order valence-electron chi connectivity index (χ0n) is 15.4. The molecule has 1 saturated heterocycles. The molecule has 140 valence electrons. The Morgan fingerprint density at radius 2 is 1.62 bits per heavy atom. The standard InChI is InChI=1S/C19H24N2O4S/c1-23-14-10-13(11-15(24-2)17(14)25-3)12-16-18(22)20-19(26-16)21-8-6-4-5-7-9-21/h10-12H,4-9H2,1-3H3/b16-12-. The molecule has 0 N–H and O–H groups in total. The van der Waals surface area contributed by atoms with E-state index >= 15 is 0 Å². The molecule has 2 aliphatic rings. The van der Waals surface area contributed by atoms with E-state index in [-0.39, 0.29) is 5.91 Å². The summed E-state index contributed by atoms with van der Waals surface area (Å²) in [5.41, 5.74) is 0.808. The number of amides is 1. The first-order valence-corrected chi connectivity index (χ1v) is 9.55. The summed E-state index contributed by atoms with van der Waals surface area (Å²) in [4.78, 5) is 19.5. The molecule has 0 bridgehead atoms. The lowest BCUT2D eigenvalue weighted by Gasteiger charge is -2.20. The first-order valence-electron chi connectivity index (χ1n) is 8.73. The van der Waals surface area contributed by atoms with Crippen LogP contribution in [0, 0.1) is 0 Å². The Hall–Kier alpha value is -2.15. The predicted octanol–water partition coefficient (Wildman–Crippen LogP) is 3.56. The van der Waals surface area contributed by atoms with Gasteiger partial charge >= 0.3 is 0 Å². The number of carbonyl (C=O) groups excluding carboxylic acids is 1. The second kappa shape index (κ2) is 8.49. The molecule has 1 amide bonds. The number of aliphatic imine (C=N–C) groups is 1. The fourth-order valence-corrected chi connectivity index (χ4v) is 4.10. The van der Waals surface area contributed by atoms with E-state index in [1.807, 2.05) is 18.2 Å². The number of thioether (sulfide) groups is 1. The first kappa shape index (κ1) is 18.6. The fraction of sp³-hybridized carbons (Fsp3) is 0.474. The molecule has 1 aromatic rings. The van der Waals surface area contributed by atoms with Crippen molar-refractivity contribution in [3.63, 3.8) is 0 Å². The zero-order chi connectivity index (χ0) is 18.5. The summed E-state index contributed by atoms with van der Waals surface area (Å²) in [5.74, 6) is 1.46. The van der Waals surface area contributed by atoms with Gasteiger partial charge in [-0.3, -0.25) is 4.79 Å². The van der Waals surface area contributed by atoms with Gasteiger partial charge in [-0.15, -0.1) is 0 Å². The lowest BCUT2D eigenvalue weighted by Crippen LogP contribution is -2.28. The summed E-state index contributed by atoms with van der Waals surface area (Å²) in [6, 6.07) is 3.65. The van der Waals surface area contributed by atoms with Gasteiger partial charge in [0.2, 0.25) is 5.75 Å². The van der Waals surface area contributed by atoms with Gasteiger partial charge in [0.05, 0.1) is 26.2 Å². The predicted molar refractivity (Wildman–Crippen MR) is 104 cm³/mol. The van der Waals surface area contributed by atoms with Gasteiger partial charge in [0.25, 0.3) is 5.91 Å². The molecule has 0 unspecified atom stereocenters. The topological polar surface area (TPSA) is 60.4 Å². The van der Waals surface area contributed by atoms with Crippen LogP contribution in [0.25, 0.3) is 6.08 Å². The third-order valence-electron chi connectivity index (χ3n) is 4.47. The molecular formula is C19H24N2O4S. The van der Waals surface area contributed by atoms with E-state index in [1.54, 1.807) is 21.3 Å². The Kier molecular flexibility index (Phi) is 6.08. The van der Waals surface area contributed by atoms with Gasteiger partial charge in [-0.2, -0.15) is 4.99 Å². The van der Waals surface area contributed by atoms with Crippen molar-refractivity contribution in [1.29, 1.82) is 0 Å². The Morgan fingerprint density at radius 1 is 1.00 bits per heavy atom. The van der Waals surface area contributed by atoms with E-state index in [2.05, 4.69) is 9.89 Å². The summed E-state index contributed by atoms with van der Waals surface area (Å²) in [7, 11) is 4.71. The average molecular weight is 376 g/mol. The highest BCUT2D eigenvalue weighted by atomic mass is 32.2. The maximum atomic E-state index is 12.4. The molecule has 1 fully saturated rings. The van der Waals surface area contributed by atoms with E-state index in [0.717, 1.165) is 36.7 Å². The molecule has 0 aliphatic carbocycles. The molecular weight excluding hydrogens is 352 g/mol. The minimum absolute atomic E-state index is 0.192. The van der Waals surface area contributed by atoms with Crippen LogP contribution in [-0.2, 0) is 4.79 Å². The van der Waals surface area contributed by atoms with Crippen LogP contribution >= 0.6 is 11.8 Å². The van der Waals surface area contributed by atoms with Gasteiger partial charge in [-0.05, 0) is 48.4 Å². The summed E-state index contributed by atoms with van der Waals surface area (Å²) in [6.45, 7) is 1.94. The largest absolute Gasteiger partial charge is 0.493 e. The molecule has 3 rings (SSSR count). The van der Waals surface area contributed by atoms with Gasteiger partial charge in [0.15, 0.2) is 16.7 Å². The van der Waals surface area contributed by atoms with Gasteiger partial charge in [0, 0.05) is 13.1 Å². The Balaban J connectivity index is 1.83. The van der Waals surface area contributed by atoms with Crippen LogP contribution in [0.5, 0.6) is 17.2 Å². The van der Waals surface area contributed by atoms with Gasteiger partial charge < -0.3 is 19.1 Å². The molecule has 0 atom stereocenters. The monoisotopic (exact) mass is 376 g/mol. The molecule has 0 aromatic heterocycles. The van der Waals surface area contributed by atoms with Crippen LogP contribution in [0.4, 0.5) is 0 Å². The summed E-state index contributed by atoms with van der Waals surface area (Å²) >= 11 is 1.44. The van der Waals surface area contributed by atoms with E-state index in [0.29, 0.717) is 22.2 Å². The maximum Gasteiger partial charge on any atom is 0.286 e. The second-order valence-corrected chi connectivity index (χ2v) is 7.18. The molecule has 2 heterocycles. The van der Waals surface area contributed by atoms with E-state index in [4.69, 9.17) is 14.2 Å². The van der Waals surface area contributed by atoms with Gasteiger partial charge in [-0.1, -0.05) is 12.8 Å². The van der Waals surface area contributed by atoms with Crippen molar-refractivity contribution in [1.82, 2.24) is 4.90 Å². The molecule has 26 heavy (non-hydrogen) atoms. The van der Waals surface area contributed by atoms with Crippen molar-refractivity contribution in [2.45, 2.75) is 25.7 Å². The molecule has 0 spiro atoms. The number of ether oxygens (including phenoxy) is 3. The van der Waals surface area contributed by atoms with Crippen molar-refractivity contribution >= 4 is 28.9 Å². The highest BCUT2D eigenvalue weighted by molar-refractivity contribution is 8.18. The first-order chi connectivity index (χ1) is 12.7. The SMILES string of the molecule is COc1cc(/C=C2\SC(N3CCCCCC3)=NC2=O)cc(OC)c1OC. The highest BCUT2D eigenvalue weighted by Gasteiger charge is 2.26. The molecule has 7 heteroatoms. The Labute approximate surface area is 158 Å². The van der Waals surface area contributed by atoms with Crippen LogP contribution in [-0.4, -0.2) is 50.4 Å². The van der Waals surface area contributed by atoms with Crippen LogP contribution in [0.3, 0.4) is 0 Å². The van der Waals surface area contributed by atoms with Crippen molar-refractivity contribution in [3.05, 3.63) is 22.6 Å². The zero-order valence-corrected chi connectivity index (χ0v) is 16.2. The van der Waals surface area contributed by atoms with Crippen molar-refractivity contribution < 1.29 is 19.0 Å². The molecule has 6 nitrogen and oxygen atoms in total. The molecule has 0 radical (unpaired) electrons. The summed E-state index contributed by atoms with van der Waals surface area (Å²) in [5, 5.41) is 0.815. The number of rotatable bonds is 4. The minimum Gasteiger partial charge on any atom is -0.493 e. The third kappa shape index (κ3) is 3.98. The Bertz CT molecular complexity index is 712. The number of benzene rings is 1. The van der Waals surface area contributed by atoms with E-state index < -0.39 is 0 Å². The van der Waals surface area contributed by atoms with Crippen LogP contribution in [0.1, 0.15) is 31.2 Å². The van der Waals surface area contributed by atoms with E-state index in [9.17, 15) is 4.79 Å². The van der Waals surface area contributed by atoms with Crippen molar-refractivity contribution in [2.24, 2.45) is 4.99 Å². The Morgan fingerprint density at radius 3 is 2.15 bits per heavy atom. The van der Waals surface area contributed by atoms with Crippen LogP contribution in [0.2, 0.25) is 0 Å². The van der Waals surface area contributed by atoms with Crippen molar-refractivity contribution in [2.75, 3.05) is 34.4 Å². The van der Waals surface area contributed by atoms with Gasteiger partial charge in [0.1, 0.15) is 0 Å². The second-order valence-electron chi connectivity index (χ2n) is 6.17. The molecule has 2 aliphatic heterocycles. The number of methoxy groups -OCH3 is 3. The quantitative estimate of drug-likeness (QED) is 0.749. The number of amidine groups is 1. The third-order valence-corrected chi connectivity index (χ3v) is 5.52. The maximum absolute atomic E-state index is 12.4. The normalized spacial score (nSPS) is 19.3. The smallest absolute Gasteiger partial charge is 0.286 e. The number of likely N-dealkylation sites (tertiary alicyclic amines) is 1. The fourth-order valence-electron chi connectivity index (χ4n) is 3.13. The highest BCUT2D eigenvalue weighted by Crippen LogP contribution is 2.40. The summed E-state index contributed by atoms with van der Waals surface area (Å²) in [6.07, 6.45) is 6.62. The molecule has 0 saturated carbocycles. The van der Waals surface area contributed by atoms with Gasteiger partial charge in [-0.25, -0.2) is 0 Å². The lowest BCUT2D eigenvalue weighted by molar-refractivity contribution is -0.113. The number of hydrogen-bond acceptors (Lipinski definition) is 6. The van der Waals surface area contributed by atoms with Crippen LogP contribution < -0.4 is 14.2 Å².